The van der Waals surface area contributed by atoms with Crippen molar-refractivity contribution < 1.29 is 9.53 Å². The SMILES string of the molecule is NC(=O)c1ccc(Oc2ccc3c(c2)CC(NCCc2ccccc2)C3)nc1. The van der Waals surface area contributed by atoms with E-state index in [1.165, 1.54) is 22.9 Å². The van der Waals surface area contributed by atoms with Crippen LogP contribution in [0.4, 0.5) is 0 Å². The average Bonchev–Trinajstić information content (AvgIpc) is 3.11. The number of nitrogens with zero attached hydrogens (tertiary/aromatic N) is 1. The molecule has 142 valence electrons. The van der Waals surface area contributed by atoms with Crippen LogP contribution in [0.5, 0.6) is 11.6 Å². The summed E-state index contributed by atoms with van der Waals surface area (Å²) in [6.45, 7) is 0.974. The molecule has 1 unspecified atom stereocenters. The first-order chi connectivity index (χ1) is 13.7. The molecule has 0 spiro atoms. The number of carbonyl (C=O) groups excluding carboxylic acids is 1. The number of hydrogen-bond donors (Lipinski definition) is 2. The molecule has 28 heavy (non-hydrogen) atoms. The minimum Gasteiger partial charge on any atom is -0.439 e. The smallest absolute Gasteiger partial charge is 0.250 e. The van der Waals surface area contributed by atoms with Crippen LogP contribution in [0.15, 0.2) is 66.9 Å². The minimum absolute atomic E-state index is 0.366. The predicted molar refractivity (Wildman–Crippen MR) is 109 cm³/mol. The first kappa shape index (κ1) is 18.2. The van der Waals surface area contributed by atoms with E-state index in [0.29, 0.717) is 17.5 Å². The van der Waals surface area contributed by atoms with E-state index < -0.39 is 5.91 Å². The number of primary amides is 1. The van der Waals surface area contributed by atoms with E-state index in [0.717, 1.165) is 31.6 Å². The maximum absolute atomic E-state index is 11.1. The zero-order chi connectivity index (χ0) is 19.3. The Morgan fingerprint density at radius 2 is 1.89 bits per heavy atom. The molecule has 0 saturated carbocycles. The first-order valence-corrected chi connectivity index (χ1v) is 9.50. The lowest BCUT2D eigenvalue weighted by molar-refractivity contribution is 0.1000. The molecule has 0 fully saturated rings. The number of carbonyl (C=O) groups is 1. The van der Waals surface area contributed by atoms with Crippen molar-refractivity contribution in [2.45, 2.75) is 25.3 Å². The Labute approximate surface area is 164 Å². The Balaban J connectivity index is 1.33. The normalized spacial score (nSPS) is 15.2. The Bertz CT molecular complexity index is 955. The monoisotopic (exact) mass is 373 g/mol. The molecule has 1 heterocycles. The molecule has 5 nitrogen and oxygen atoms in total. The van der Waals surface area contributed by atoms with Crippen LogP contribution in [0, 0.1) is 0 Å². The average molecular weight is 373 g/mol. The van der Waals surface area contributed by atoms with Gasteiger partial charge in [0.15, 0.2) is 0 Å². The lowest BCUT2D eigenvalue weighted by Crippen LogP contribution is -2.31. The van der Waals surface area contributed by atoms with Gasteiger partial charge in [0.2, 0.25) is 11.8 Å². The van der Waals surface area contributed by atoms with Crippen molar-refractivity contribution in [3.05, 3.63) is 89.1 Å². The van der Waals surface area contributed by atoms with E-state index in [4.69, 9.17) is 10.5 Å². The van der Waals surface area contributed by atoms with Crippen molar-refractivity contribution in [2.24, 2.45) is 5.73 Å². The molecule has 5 heteroatoms. The quantitative estimate of drug-likeness (QED) is 0.666. The van der Waals surface area contributed by atoms with E-state index in [-0.39, 0.29) is 0 Å². The molecule has 0 bridgehead atoms. The van der Waals surface area contributed by atoms with Crippen molar-refractivity contribution in [1.29, 1.82) is 0 Å². The number of aromatic nitrogens is 1. The zero-order valence-electron chi connectivity index (χ0n) is 15.6. The maximum Gasteiger partial charge on any atom is 0.250 e. The topological polar surface area (TPSA) is 77.2 Å². The van der Waals surface area contributed by atoms with Gasteiger partial charge >= 0.3 is 0 Å². The summed E-state index contributed by atoms with van der Waals surface area (Å²) in [7, 11) is 0. The fourth-order valence-corrected chi connectivity index (χ4v) is 3.57. The molecule has 1 atom stereocenters. The van der Waals surface area contributed by atoms with Crippen LogP contribution in [0.3, 0.4) is 0 Å². The Morgan fingerprint density at radius 1 is 1.07 bits per heavy atom. The molecule has 0 radical (unpaired) electrons. The Morgan fingerprint density at radius 3 is 2.64 bits per heavy atom. The number of rotatable bonds is 7. The number of fused-ring (bicyclic) bond motifs is 1. The van der Waals surface area contributed by atoms with Gasteiger partial charge in [-0.3, -0.25) is 4.79 Å². The second-order valence-corrected chi connectivity index (χ2v) is 7.08. The highest BCUT2D eigenvalue weighted by Crippen LogP contribution is 2.28. The van der Waals surface area contributed by atoms with Gasteiger partial charge in [-0.2, -0.15) is 0 Å². The summed E-state index contributed by atoms with van der Waals surface area (Å²) in [5.74, 6) is 0.700. The van der Waals surface area contributed by atoms with Gasteiger partial charge in [-0.1, -0.05) is 36.4 Å². The van der Waals surface area contributed by atoms with Gasteiger partial charge in [0.25, 0.3) is 0 Å². The second kappa shape index (κ2) is 8.23. The highest BCUT2D eigenvalue weighted by atomic mass is 16.5. The standard InChI is InChI=1S/C23H23N3O2/c24-23(27)18-7-9-22(26-15-18)28-21-8-6-17-12-20(13-19(17)14-21)25-11-10-16-4-2-1-3-5-16/h1-9,14-15,20,25H,10-13H2,(H2,24,27). The molecule has 0 saturated heterocycles. The van der Waals surface area contributed by atoms with Gasteiger partial charge in [-0.05, 0) is 60.7 Å². The van der Waals surface area contributed by atoms with Crippen molar-refractivity contribution in [1.82, 2.24) is 10.3 Å². The summed E-state index contributed by atoms with van der Waals surface area (Å²) < 4.78 is 5.83. The van der Waals surface area contributed by atoms with Crippen molar-refractivity contribution in [2.75, 3.05) is 6.54 Å². The number of pyridine rings is 1. The van der Waals surface area contributed by atoms with Crippen LogP contribution in [0.25, 0.3) is 0 Å². The van der Waals surface area contributed by atoms with E-state index in [9.17, 15) is 4.79 Å². The molecule has 1 amide bonds. The van der Waals surface area contributed by atoms with Gasteiger partial charge in [0.1, 0.15) is 5.75 Å². The predicted octanol–water partition coefficient (Wildman–Crippen LogP) is 3.27. The number of hydrogen-bond acceptors (Lipinski definition) is 4. The molecule has 1 aliphatic carbocycles. The molecule has 2 aromatic carbocycles. The molecular formula is C23H23N3O2. The highest BCUT2D eigenvalue weighted by molar-refractivity contribution is 5.92. The van der Waals surface area contributed by atoms with Gasteiger partial charge in [0, 0.05) is 18.3 Å². The lowest BCUT2D eigenvalue weighted by atomic mass is 10.1. The van der Waals surface area contributed by atoms with Crippen LogP contribution in [0.1, 0.15) is 27.0 Å². The summed E-state index contributed by atoms with van der Waals surface area (Å²) in [5, 5.41) is 3.67. The molecular weight excluding hydrogens is 350 g/mol. The third-order valence-corrected chi connectivity index (χ3v) is 5.04. The summed E-state index contributed by atoms with van der Waals surface area (Å²) in [4.78, 5) is 15.3. The van der Waals surface area contributed by atoms with Crippen molar-refractivity contribution in [3.63, 3.8) is 0 Å². The van der Waals surface area contributed by atoms with E-state index in [1.807, 2.05) is 12.1 Å². The van der Waals surface area contributed by atoms with Gasteiger partial charge in [-0.15, -0.1) is 0 Å². The molecule has 4 rings (SSSR count). The molecule has 1 aliphatic rings. The van der Waals surface area contributed by atoms with Crippen molar-refractivity contribution >= 4 is 5.91 Å². The van der Waals surface area contributed by atoms with Gasteiger partial charge < -0.3 is 15.8 Å². The summed E-state index contributed by atoms with van der Waals surface area (Å²) in [6.07, 6.45) is 4.50. The number of nitrogens with two attached hydrogens (primary N) is 1. The fourth-order valence-electron chi connectivity index (χ4n) is 3.57. The number of ether oxygens (including phenoxy) is 1. The van der Waals surface area contributed by atoms with E-state index in [2.05, 4.69) is 46.7 Å². The lowest BCUT2D eigenvalue weighted by Gasteiger charge is -2.11. The number of benzene rings is 2. The largest absolute Gasteiger partial charge is 0.439 e. The summed E-state index contributed by atoms with van der Waals surface area (Å²) in [5.41, 5.74) is 9.63. The fraction of sp³-hybridized carbons (Fsp3) is 0.217. The first-order valence-electron chi connectivity index (χ1n) is 9.50. The van der Waals surface area contributed by atoms with Crippen LogP contribution in [0.2, 0.25) is 0 Å². The molecule has 3 N–H and O–H groups in total. The minimum atomic E-state index is -0.498. The van der Waals surface area contributed by atoms with Crippen LogP contribution >= 0.6 is 0 Å². The zero-order valence-corrected chi connectivity index (χ0v) is 15.6. The number of nitrogens with one attached hydrogen (secondary N) is 1. The summed E-state index contributed by atoms with van der Waals surface area (Å²) in [6, 6.07) is 20.4. The third-order valence-electron chi connectivity index (χ3n) is 5.04. The Hall–Kier alpha value is -3.18. The third kappa shape index (κ3) is 4.38. The van der Waals surface area contributed by atoms with E-state index in [1.54, 1.807) is 12.1 Å². The second-order valence-electron chi connectivity index (χ2n) is 7.08. The molecule has 1 aromatic heterocycles. The Kier molecular flexibility index (Phi) is 5.35. The van der Waals surface area contributed by atoms with Crippen molar-refractivity contribution in [3.8, 4) is 11.6 Å². The van der Waals surface area contributed by atoms with Crippen LogP contribution < -0.4 is 15.8 Å². The van der Waals surface area contributed by atoms with Crippen LogP contribution in [-0.2, 0) is 19.3 Å². The maximum atomic E-state index is 11.1. The summed E-state index contributed by atoms with van der Waals surface area (Å²) >= 11 is 0. The highest BCUT2D eigenvalue weighted by Gasteiger charge is 2.21. The number of amides is 1. The molecule has 0 aliphatic heterocycles. The van der Waals surface area contributed by atoms with Gasteiger partial charge in [0.05, 0.1) is 5.56 Å². The molecule has 3 aromatic rings. The van der Waals surface area contributed by atoms with Gasteiger partial charge in [-0.25, -0.2) is 4.98 Å². The van der Waals surface area contributed by atoms with E-state index >= 15 is 0 Å². The van der Waals surface area contributed by atoms with Crippen LogP contribution in [-0.4, -0.2) is 23.5 Å².